The van der Waals surface area contributed by atoms with Crippen molar-refractivity contribution in [3.05, 3.63) is 52.2 Å². The molecule has 0 aliphatic heterocycles. The van der Waals surface area contributed by atoms with E-state index < -0.39 is 4.92 Å². The third kappa shape index (κ3) is 1.94. The van der Waals surface area contributed by atoms with Gasteiger partial charge in [-0.3, -0.25) is 14.9 Å². The van der Waals surface area contributed by atoms with E-state index in [9.17, 15) is 14.9 Å². The molecule has 0 unspecified atom stereocenters. The molecule has 0 aliphatic carbocycles. The largest absolute Gasteiger partial charge is 0.360 e. The molecule has 0 aliphatic rings. The third-order valence-electron chi connectivity index (χ3n) is 2.46. The van der Waals surface area contributed by atoms with Gasteiger partial charge in [-0.1, -0.05) is 6.08 Å². The van der Waals surface area contributed by atoms with Crippen molar-refractivity contribution in [1.82, 2.24) is 4.98 Å². The summed E-state index contributed by atoms with van der Waals surface area (Å²) in [5, 5.41) is 11.2. The highest BCUT2D eigenvalue weighted by molar-refractivity contribution is 6.13. The number of nitrogens with one attached hydrogen (secondary N) is 1. The fourth-order valence-electron chi connectivity index (χ4n) is 1.67. The molecule has 1 aromatic carbocycles. The highest BCUT2D eigenvalue weighted by Crippen LogP contribution is 2.24. The van der Waals surface area contributed by atoms with Gasteiger partial charge < -0.3 is 4.98 Å². The lowest BCUT2D eigenvalue weighted by molar-refractivity contribution is -0.384. The lowest BCUT2D eigenvalue weighted by Gasteiger charge is -1.94. The Labute approximate surface area is 96.9 Å². The van der Waals surface area contributed by atoms with Gasteiger partial charge in [-0.2, -0.15) is 0 Å². The molecule has 0 saturated carbocycles. The van der Waals surface area contributed by atoms with Gasteiger partial charge in [0.25, 0.3) is 5.69 Å². The van der Waals surface area contributed by atoms with E-state index in [0.717, 1.165) is 0 Å². The van der Waals surface area contributed by atoms with Crippen LogP contribution in [0.4, 0.5) is 5.69 Å². The van der Waals surface area contributed by atoms with Gasteiger partial charge in [0.1, 0.15) is 0 Å². The van der Waals surface area contributed by atoms with Gasteiger partial charge in [-0.25, -0.2) is 0 Å². The number of nitro benzene ring substituents is 1. The van der Waals surface area contributed by atoms with E-state index in [4.69, 9.17) is 0 Å². The molecular formula is C12H10N2O3. The molecule has 0 radical (unpaired) electrons. The van der Waals surface area contributed by atoms with Crippen LogP contribution in [0, 0.1) is 10.1 Å². The van der Waals surface area contributed by atoms with Crippen LogP contribution < -0.4 is 0 Å². The highest BCUT2D eigenvalue weighted by atomic mass is 16.6. The van der Waals surface area contributed by atoms with Crippen LogP contribution in [-0.2, 0) is 0 Å². The van der Waals surface area contributed by atoms with Crippen molar-refractivity contribution in [2.75, 3.05) is 0 Å². The van der Waals surface area contributed by atoms with Crippen LogP contribution in [0.15, 0.2) is 36.5 Å². The summed E-state index contributed by atoms with van der Waals surface area (Å²) in [6, 6.07) is 4.41. The molecule has 0 amide bonds. The average Bonchev–Trinajstić information content (AvgIpc) is 2.71. The number of nitro groups is 1. The number of carbonyl (C=O) groups is 1. The summed E-state index contributed by atoms with van der Waals surface area (Å²) in [5.74, 6) is -0.167. The first kappa shape index (κ1) is 11.1. The molecule has 5 heteroatoms. The van der Waals surface area contributed by atoms with Crippen LogP contribution in [0.1, 0.15) is 17.3 Å². The molecule has 2 aromatic rings. The Morgan fingerprint density at radius 1 is 1.47 bits per heavy atom. The van der Waals surface area contributed by atoms with Gasteiger partial charge in [-0.05, 0) is 19.1 Å². The minimum atomic E-state index is -0.476. The number of H-pyrrole nitrogens is 1. The minimum Gasteiger partial charge on any atom is -0.360 e. The van der Waals surface area contributed by atoms with Crippen LogP contribution in [0.2, 0.25) is 0 Å². The zero-order valence-electron chi connectivity index (χ0n) is 9.14. The molecule has 1 heterocycles. The summed E-state index contributed by atoms with van der Waals surface area (Å²) in [5.41, 5.74) is 1.14. The second kappa shape index (κ2) is 4.21. The first-order chi connectivity index (χ1) is 8.13. The van der Waals surface area contributed by atoms with Crippen LogP contribution >= 0.6 is 0 Å². The number of rotatable bonds is 3. The van der Waals surface area contributed by atoms with Crippen molar-refractivity contribution in [2.24, 2.45) is 0 Å². The molecule has 0 atom stereocenters. The number of hydrogen-bond donors (Lipinski definition) is 1. The van der Waals surface area contributed by atoms with E-state index in [0.29, 0.717) is 16.5 Å². The number of hydrogen-bond acceptors (Lipinski definition) is 3. The molecular weight excluding hydrogens is 220 g/mol. The Bertz CT molecular complexity index is 626. The quantitative estimate of drug-likeness (QED) is 0.381. The van der Waals surface area contributed by atoms with Gasteiger partial charge in [0.05, 0.1) is 4.92 Å². The zero-order chi connectivity index (χ0) is 12.4. The summed E-state index contributed by atoms with van der Waals surface area (Å²) in [7, 11) is 0. The Morgan fingerprint density at radius 3 is 2.88 bits per heavy atom. The SMILES string of the molecule is C/C=C/C(=O)c1c[nH]c2ccc([N+](=O)[O-])cc12. The first-order valence-electron chi connectivity index (χ1n) is 5.06. The number of aromatic nitrogens is 1. The number of aromatic amines is 1. The molecule has 1 aromatic heterocycles. The molecule has 17 heavy (non-hydrogen) atoms. The summed E-state index contributed by atoms with van der Waals surface area (Å²) in [6.45, 7) is 1.75. The summed E-state index contributed by atoms with van der Waals surface area (Å²) < 4.78 is 0. The Kier molecular flexibility index (Phi) is 2.74. The maximum absolute atomic E-state index is 11.7. The smallest absolute Gasteiger partial charge is 0.270 e. The number of benzene rings is 1. The second-order valence-electron chi connectivity index (χ2n) is 3.55. The van der Waals surface area contributed by atoms with Gasteiger partial charge in [0.2, 0.25) is 0 Å². The number of ketones is 1. The van der Waals surface area contributed by atoms with E-state index in [-0.39, 0.29) is 11.5 Å². The topological polar surface area (TPSA) is 76.0 Å². The summed E-state index contributed by atoms with van der Waals surface area (Å²) in [6.07, 6.45) is 4.64. The van der Waals surface area contributed by atoms with E-state index in [2.05, 4.69) is 4.98 Å². The molecule has 2 rings (SSSR count). The molecule has 1 N–H and O–H groups in total. The summed E-state index contributed by atoms with van der Waals surface area (Å²) >= 11 is 0. The fourth-order valence-corrected chi connectivity index (χ4v) is 1.67. The van der Waals surface area contributed by atoms with Crippen molar-refractivity contribution in [3.8, 4) is 0 Å². The van der Waals surface area contributed by atoms with Crippen LogP contribution in [-0.4, -0.2) is 15.7 Å². The lowest BCUT2D eigenvalue weighted by Crippen LogP contribution is -1.93. The second-order valence-corrected chi connectivity index (χ2v) is 3.55. The minimum absolute atomic E-state index is 0.0216. The van der Waals surface area contributed by atoms with Gasteiger partial charge >= 0.3 is 0 Å². The van der Waals surface area contributed by atoms with E-state index in [1.54, 1.807) is 25.3 Å². The Balaban J connectivity index is 2.61. The number of non-ortho nitro benzene ring substituents is 1. The number of allylic oxidation sites excluding steroid dienone is 2. The molecule has 5 nitrogen and oxygen atoms in total. The normalized spacial score (nSPS) is 11.1. The van der Waals surface area contributed by atoms with Crippen LogP contribution in [0.3, 0.4) is 0 Å². The van der Waals surface area contributed by atoms with Crippen molar-refractivity contribution >= 4 is 22.4 Å². The Morgan fingerprint density at radius 2 is 2.24 bits per heavy atom. The number of fused-ring (bicyclic) bond motifs is 1. The van der Waals surface area contributed by atoms with Crippen molar-refractivity contribution in [3.63, 3.8) is 0 Å². The maximum atomic E-state index is 11.7. The molecule has 0 bridgehead atoms. The van der Waals surface area contributed by atoms with E-state index >= 15 is 0 Å². The average molecular weight is 230 g/mol. The van der Waals surface area contributed by atoms with Crippen molar-refractivity contribution in [1.29, 1.82) is 0 Å². The van der Waals surface area contributed by atoms with Crippen LogP contribution in [0.25, 0.3) is 10.9 Å². The molecule has 86 valence electrons. The van der Waals surface area contributed by atoms with Crippen molar-refractivity contribution in [2.45, 2.75) is 6.92 Å². The summed E-state index contributed by atoms with van der Waals surface area (Å²) in [4.78, 5) is 24.8. The molecule has 0 saturated heterocycles. The van der Waals surface area contributed by atoms with E-state index in [1.165, 1.54) is 18.2 Å². The third-order valence-corrected chi connectivity index (χ3v) is 2.46. The van der Waals surface area contributed by atoms with Gasteiger partial charge in [-0.15, -0.1) is 0 Å². The monoisotopic (exact) mass is 230 g/mol. The predicted molar refractivity (Wildman–Crippen MR) is 64.1 cm³/mol. The predicted octanol–water partition coefficient (Wildman–Crippen LogP) is 2.83. The first-order valence-corrected chi connectivity index (χ1v) is 5.06. The molecule has 0 spiro atoms. The number of nitrogens with zero attached hydrogens (tertiary/aromatic N) is 1. The highest BCUT2D eigenvalue weighted by Gasteiger charge is 2.13. The van der Waals surface area contributed by atoms with Gasteiger partial charge in [0, 0.05) is 34.8 Å². The molecule has 0 fully saturated rings. The number of carbonyl (C=O) groups excluding carboxylic acids is 1. The zero-order valence-corrected chi connectivity index (χ0v) is 9.14. The van der Waals surface area contributed by atoms with Crippen LogP contribution in [0.5, 0.6) is 0 Å². The van der Waals surface area contributed by atoms with E-state index in [1.807, 2.05) is 0 Å². The van der Waals surface area contributed by atoms with Gasteiger partial charge in [0.15, 0.2) is 5.78 Å². The maximum Gasteiger partial charge on any atom is 0.270 e. The standard InChI is InChI=1S/C12H10N2O3/c1-2-3-12(15)10-7-13-11-5-4-8(14(16)17)6-9(10)11/h2-7,13H,1H3/b3-2+. The Hall–Kier alpha value is -2.43. The fraction of sp³-hybridized carbons (Fsp3) is 0.0833. The van der Waals surface area contributed by atoms with Crippen molar-refractivity contribution < 1.29 is 9.72 Å². The lowest BCUT2D eigenvalue weighted by atomic mass is 10.1.